The number of benzene rings is 7. The van der Waals surface area contributed by atoms with Crippen molar-refractivity contribution in [2.24, 2.45) is 0 Å². The van der Waals surface area contributed by atoms with Gasteiger partial charge in [-0.3, -0.25) is 9.97 Å². The maximum Gasteiger partial charge on any atom is 0.104 e. The molecule has 11 rings (SSSR count). The number of pyridine rings is 2. The molecule has 0 amide bonds. The summed E-state index contributed by atoms with van der Waals surface area (Å²) in [5, 5.41) is 23.9. The molecule has 7 aromatic carbocycles. The predicted molar refractivity (Wildman–Crippen MR) is 188 cm³/mol. The van der Waals surface area contributed by atoms with E-state index < -0.39 is 0 Å². The van der Waals surface area contributed by atoms with Gasteiger partial charge >= 0.3 is 0 Å². The highest BCUT2D eigenvalue weighted by Gasteiger charge is 2.25. The van der Waals surface area contributed by atoms with Crippen LogP contribution in [0.15, 0.2) is 128 Å². The van der Waals surface area contributed by atoms with E-state index in [4.69, 9.17) is 9.97 Å². The summed E-state index contributed by atoms with van der Waals surface area (Å²) in [5.41, 5.74) is 7.42. The molecule has 0 unspecified atom stereocenters. The molecule has 0 N–H and O–H groups in total. The Bertz CT molecular complexity index is 2720. The Morgan fingerprint density at radius 3 is 1.67 bits per heavy atom. The van der Waals surface area contributed by atoms with E-state index in [1.165, 1.54) is 43.1 Å². The molecule has 210 valence electrons. The lowest BCUT2D eigenvalue weighted by Gasteiger charge is -2.15. The van der Waals surface area contributed by atoms with Crippen molar-refractivity contribution >= 4 is 86.8 Å². The van der Waals surface area contributed by atoms with Crippen molar-refractivity contribution in [2.45, 2.75) is 0 Å². The summed E-state index contributed by atoms with van der Waals surface area (Å²) >= 11 is 0. The van der Waals surface area contributed by atoms with Gasteiger partial charge in [-0.15, -0.1) is 0 Å². The van der Waals surface area contributed by atoms with Gasteiger partial charge in [0.15, 0.2) is 0 Å². The van der Waals surface area contributed by atoms with Crippen LogP contribution in [0, 0.1) is 11.3 Å². The normalized spacial score (nSPS) is 12.3. The number of aromatic nitrogens is 4. The Morgan fingerprint density at radius 1 is 0.457 bits per heavy atom. The van der Waals surface area contributed by atoms with E-state index in [1.807, 2.05) is 18.6 Å². The first-order valence-corrected chi connectivity index (χ1v) is 15.4. The molecule has 4 heterocycles. The third-order valence-corrected chi connectivity index (χ3v) is 10.00. The van der Waals surface area contributed by atoms with Crippen molar-refractivity contribution in [1.29, 1.82) is 5.26 Å². The fourth-order valence-electron chi connectivity index (χ4n) is 8.27. The summed E-state index contributed by atoms with van der Waals surface area (Å²) in [5.74, 6) is 0. The molecule has 4 aromatic heterocycles. The number of hydrogen-bond donors (Lipinski definition) is 0. The quantitative estimate of drug-likeness (QED) is 0.190. The number of nitrogens with zero attached hydrogens (tertiary/aromatic N) is 5. The second-order valence-electron chi connectivity index (χ2n) is 12.1. The van der Waals surface area contributed by atoms with Crippen molar-refractivity contribution in [2.75, 3.05) is 0 Å². The second-order valence-corrected chi connectivity index (χ2v) is 12.1. The van der Waals surface area contributed by atoms with Crippen molar-refractivity contribution in [3.8, 4) is 17.4 Å². The molecule has 0 bridgehead atoms. The van der Waals surface area contributed by atoms with Gasteiger partial charge in [-0.25, -0.2) is 0 Å². The lowest BCUT2D eigenvalue weighted by Crippen LogP contribution is -2.04. The molecular formula is C41H21N5. The van der Waals surface area contributed by atoms with Crippen molar-refractivity contribution in [1.82, 2.24) is 19.1 Å². The van der Waals surface area contributed by atoms with Crippen LogP contribution in [0.5, 0.6) is 0 Å². The highest BCUT2D eigenvalue weighted by Crippen LogP contribution is 2.46. The molecule has 0 radical (unpaired) electrons. The van der Waals surface area contributed by atoms with E-state index in [0.29, 0.717) is 5.56 Å². The fraction of sp³-hybridized carbons (Fsp3) is 0. The number of nitriles is 1. The minimum absolute atomic E-state index is 0.605. The topological polar surface area (TPSA) is 59.4 Å². The zero-order chi connectivity index (χ0) is 30.1. The van der Waals surface area contributed by atoms with Crippen LogP contribution in [-0.4, -0.2) is 19.1 Å². The standard InChI is InChI=1S/C41H21N5/c42-20-29-31(45-34-17-6-13-27-25-10-3-4-11-28(25)41-40(38(27)34)35(45)18-19-44-41)14-7-15-32(29)46-33-16-5-12-26-23-8-1-2-9-24(23)30-21-43-22-36(46)39(30)37(26)33/h1-19,21-22H. The SMILES string of the molecule is N#Cc1c(-n2c3cccc4c5ccccc5c5cncc2c5c43)cccc1-n1c2cccc3c4ccccc4c4nccc1c4c32. The maximum absolute atomic E-state index is 11.0. The molecular weight excluding hydrogens is 562 g/mol. The van der Waals surface area contributed by atoms with Crippen LogP contribution in [0.1, 0.15) is 5.56 Å². The molecule has 0 fully saturated rings. The smallest absolute Gasteiger partial charge is 0.104 e. The van der Waals surface area contributed by atoms with Crippen LogP contribution < -0.4 is 0 Å². The van der Waals surface area contributed by atoms with Crippen LogP contribution in [0.2, 0.25) is 0 Å². The summed E-state index contributed by atoms with van der Waals surface area (Å²) in [6.45, 7) is 0. The molecule has 0 saturated carbocycles. The molecule has 5 nitrogen and oxygen atoms in total. The van der Waals surface area contributed by atoms with E-state index in [-0.39, 0.29) is 0 Å². The summed E-state index contributed by atoms with van der Waals surface area (Å²) < 4.78 is 4.49. The highest BCUT2D eigenvalue weighted by atomic mass is 15.0. The Kier molecular flexibility index (Phi) is 4.34. The van der Waals surface area contributed by atoms with Crippen LogP contribution in [0.3, 0.4) is 0 Å². The summed E-state index contributed by atoms with van der Waals surface area (Å²) in [6, 6.07) is 40.9. The molecule has 0 spiro atoms. The van der Waals surface area contributed by atoms with Crippen LogP contribution in [0.4, 0.5) is 0 Å². The van der Waals surface area contributed by atoms with E-state index >= 15 is 0 Å². The van der Waals surface area contributed by atoms with Gasteiger partial charge in [0.05, 0.1) is 45.2 Å². The minimum Gasteiger partial charge on any atom is -0.308 e. The zero-order valence-corrected chi connectivity index (χ0v) is 24.4. The van der Waals surface area contributed by atoms with Gasteiger partial charge in [-0.05, 0) is 57.3 Å². The van der Waals surface area contributed by atoms with Gasteiger partial charge < -0.3 is 9.13 Å². The molecule has 0 saturated heterocycles. The Hall–Kier alpha value is -6.51. The average Bonchev–Trinajstić information content (AvgIpc) is 3.64. The van der Waals surface area contributed by atoms with Crippen molar-refractivity contribution in [3.05, 3.63) is 133 Å². The van der Waals surface area contributed by atoms with Gasteiger partial charge in [0, 0.05) is 44.7 Å². The average molecular weight is 584 g/mol. The van der Waals surface area contributed by atoms with Gasteiger partial charge in [0.1, 0.15) is 11.6 Å². The number of rotatable bonds is 2. The monoisotopic (exact) mass is 583 g/mol. The lowest BCUT2D eigenvalue weighted by molar-refractivity contribution is 1.11. The van der Waals surface area contributed by atoms with E-state index in [0.717, 1.165) is 55.1 Å². The maximum atomic E-state index is 11.0. The molecule has 0 aliphatic rings. The van der Waals surface area contributed by atoms with E-state index in [1.54, 1.807) is 0 Å². The highest BCUT2D eigenvalue weighted by molar-refractivity contribution is 6.35. The summed E-state index contributed by atoms with van der Waals surface area (Å²) in [6.07, 6.45) is 5.80. The third kappa shape index (κ3) is 2.72. The first kappa shape index (κ1) is 23.9. The molecule has 0 atom stereocenters. The van der Waals surface area contributed by atoms with Crippen molar-refractivity contribution < 1.29 is 0 Å². The van der Waals surface area contributed by atoms with Gasteiger partial charge in [0.25, 0.3) is 0 Å². The second kappa shape index (κ2) is 8.35. The molecule has 0 aliphatic heterocycles. The molecule has 5 heteroatoms. The molecule has 0 aliphatic carbocycles. The molecule has 46 heavy (non-hydrogen) atoms. The van der Waals surface area contributed by atoms with Gasteiger partial charge in [-0.1, -0.05) is 78.9 Å². The van der Waals surface area contributed by atoms with E-state index in [2.05, 4.69) is 124 Å². The van der Waals surface area contributed by atoms with E-state index in [9.17, 15) is 5.26 Å². The number of fused-ring (bicyclic) bond motifs is 6. The first-order valence-electron chi connectivity index (χ1n) is 15.4. The van der Waals surface area contributed by atoms with Crippen LogP contribution in [0.25, 0.3) is 98.2 Å². The summed E-state index contributed by atoms with van der Waals surface area (Å²) in [7, 11) is 0. The third-order valence-electron chi connectivity index (χ3n) is 10.00. The summed E-state index contributed by atoms with van der Waals surface area (Å²) in [4.78, 5) is 9.62. The largest absolute Gasteiger partial charge is 0.308 e. The van der Waals surface area contributed by atoms with Gasteiger partial charge in [-0.2, -0.15) is 5.26 Å². The Balaban J connectivity index is 1.30. The zero-order valence-electron chi connectivity index (χ0n) is 24.4. The van der Waals surface area contributed by atoms with Crippen LogP contribution in [-0.2, 0) is 0 Å². The first-order chi connectivity index (χ1) is 22.8. The van der Waals surface area contributed by atoms with Crippen molar-refractivity contribution in [3.63, 3.8) is 0 Å². The number of hydrogen-bond acceptors (Lipinski definition) is 3. The minimum atomic E-state index is 0.605. The Morgan fingerprint density at radius 2 is 0.978 bits per heavy atom. The van der Waals surface area contributed by atoms with Gasteiger partial charge in [0.2, 0.25) is 0 Å². The fourth-order valence-corrected chi connectivity index (χ4v) is 8.27. The van der Waals surface area contributed by atoms with Crippen LogP contribution >= 0.6 is 0 Å². The Labute approximate surface area is 261 Å². The molecule has 11 aromatic rings. The lowest BCUT2D eigenvalue weighted by atomic mass is 9.96. The predicted octanol–water partition coefficient (Wildman–Crippen LogP) is 10.0.